The Morgan fingerprint density at radius 3 is 1.70 bits per heavy atom. The maximum Gasteiger partial charge on any atom is 0.160 e. The zero-order chi connectivity index (χ0) is 42.1. The summed E-state index contributed by atoms with van der Waals surface area (Å²) in [5, 5.41) is 7.68. The van der Waals surface area contributed by atoms with E-state index < -0.39 is 0 Å². The quantitative estimate of drug-likeness (QED) is 0.156. The Morgan fingerprint density at radius 2 is 0.906 bits per heavy atom. The monoisotopic (exact) mass is 817 g/mol. The van der Waals surface area contributed by atoms with Crippen molar-refractivity contribution >= 4 is 65.6 Å². The molecule has 64 heavy (non-hydrogen) atoms. The van der Waals surface area contributed by atoms with E-state index in [1.807, 2.05) is 42.5 Å². The van der Waals surface area contributed by atoms with Gasteiger partial charge in [-0.3, -0.25) is 0 Å². The summed E-state index contributed by atoms with van der Waals surface area (Å²) in [7, 11) is 0. The maximum atomic E-state index is 6.64. The lowest BCUT2D eigenvalue weighted by Gasteiger charge is -2.16. The first-order valence-corrected chi connectivity index (χ1v) is 21.5. The Bertz CT molecular complexity index is 3950. The molecule has 0 saturated carbocycles. The number of furan rings is 2. The molecule has 13 aromatic rings. The van der Waals surface area contributed by atoms with Gasteiger partial charge in [0.15, 0.2) is 5.82 Å². The molecule has 0 aliphatic rings. The number of para-hydroxylation sites is 4. The molecule has 9 aromatic carbocycles. The highest BCUT2D eigenvalue weighted by Crippen LogP contribution is 2.46. The van der Waals surface area contributed by atoms with Gasteiger partial charge in [-0.1, -0.05) is 176 Å². The molecule has 13 rings (SSSR count). The van der Waals surface area contributed by atoms with Gasteiger partial charge < -0.3 is 8.83 Å². The van der Waals surface area contributed by atoms with E-state index >= 15 is 0 Å². The van der Waals surface area contributed by atoms with E-state index in [4.69, 9.17) is 23.8 Å². The Hall–Kier alpha value is -8.67. The number of rotatable bonds is 6. The molecule has 0 unspecified atom stereocenters. The van der Waals surface area contributed by atoms with Crippen LogP contribution in [0.5, 0.6) is 0 Å². The molecule has 0 fully saturated rings. The molecular weight excluding hydrogens is 783 g/mol. The van der Waals surface area contributed by atoms with Crippen molar-refractivity contribution in [2.45, 2.75) is 0 Å². The molecule has 4 aromatic heterocycles. The topological polar surface area (TPSA) is 65.0 Å². The normalized spacial score (nSPS) is 11.8. The van der Waals surface area contributed by atoms with Crippen molar-refractivity contribution < 1.29 is 8.83 Å². The zero-order valence-corrected chi connectivity index (χ0v) is 34.4. The summed E-state index contributed by atoms with van der Waals surface area (Å²) in [5.41, 5.74) is 15.2. The summed E-state index contributed by atoms with van der Waals surface area (Å²) in [6.07, 6.45) is 0. The SMILES string of the molecule is c1ccc(-c2cc(-c3cccc(-c4nc5ccccc5c5c(-c6ccccc6)c6c(cc45)oc4ccccc46)c3)nc(-c3ccc(-c4cccc5c4oc4ccccc45)cc3)n2)cc1. The fraction of sp³-hybridized carbons (Fsp3) is 0. The van der Waals surface area contributed by atoms with Crippen molar-refractivity contribution in [3.63, 3.8) is 0 Å². The highest BCUT2D eigenvalue weighted by atomic mass is 16.3. The number of pyridine rings is 1. The number of aromatic nitrogens is 3. The second-order valence-electron chi connectivity index (χ2n) is 16.3. The number of benzene rings is 9. The van der Waals surface area contributed by atoms with Gasteiger partial charge in [0, 0.05) is 71.1 Å². The van der Waals surface area contributed by atoms with Crippen LogP contribution in [0.3, 0.4) is 0 Å². The largest absolute Gasteiger partial charge is 0.456 e. The average molecular weight is 818 g/mol. The predicted molar refractivity (Wildman–Crippen MR) is 262 cm³/mol. The van der Waals surface area contributed by atoms with Crippen molar-refractivity contribution in [3.05, 3.63) is 212 Å². The lowest BCUT2D eigenvalue weighted by Crippen LogP contribution is -1.97. The maximum absolute atomic E-state index is 6.64. The molecule has 0 spiro atoms. The van der Waals surface area contributed by atoms with Gasteiger partial charge in [0.1, 0.15) is 22.3 Å². The van der Waals surface area contributed by atoms with E-state index in [-0.39, 0.29) is 0 Å². The first-order chi connectivity index (χ1) is 31.7. The molecule has 0 bridgehead atoms. The van der Waals surface area contributed by atoms with Crippen molar-refractivity contribution in [2.75, 3.05) is 0 Å². The lowest BCUT2D eigenvalue weighted by molar-refractivity contribution is 0.669. The van der Waals surface area contributed by atoms with Crippen LogP contribution in [0.1, 0.15) is 0 Å². The number of fused-ring (bicyclic) bond motifs is 9. The molecule has 0 radical (unpaired) electrons. The minimum absolute atomic E-state index is 0.643. The number of nitrogens with zero attached hydrogens (tertiary/aromatic N) is 3. The van der Waals surface area contributed by atoms with Crippen LogP contribution in [0.4, 0.5) is 0 Å². The first kappa shape index (κ1) is 36.0. The van der Waals surface area contributed by atoms with Crippen LogP contribution in [0, 0.1) is 0 Å². The van der Waals surface area contributed by atoms with Crippen molar-refractivity contribution in [2.24, 2.45) is 0 Å². The molecule has 5 nitrogen and oxygen atoms in total. The smallest absolute Gasteiger partial charge is 0.160 e. The third kappa shape index (κ3) is 5.83. The summed E-state index contributed by atoms with van der Waals surface area (Å²) >= 11 is 0. The molecule has 0 aliphatic carbocycles. The van der Waals surface area contributed by atoms with Gasteiger partial charge in [-0.2, -0.15) is 0 Å². The molecule has 0 atom stereocenters. The minimum Gasteiger partial charge on any atom is -0.456 e. The molecular formula is C59H35N3O2. The van der Waals surface area contributed by atoms with E-state index in [0.717, 1.165) is 127 Å². The summed E-state index contributed by atoms with van der Waals surface area (Å²) < 4.78 is 13.0. The Kier molecular flexibility index (Phi) is 8.15. The third-order valence-electron chi connectivity index (χ3n) is 12.5. The second kappa shape index (κ2) is 14.5. The molecule has 5 heteroatoms. The lowest BCUT2D eigenvalue weighted by atomic mass is 9.89. The molecule has 4 heterocycles. The van der Waals surface area contributed by atoms with Gasteiger partial charge in [-0.15, -0.1) is 0 Å². The van der Waals surface area contributed by atoms with Gasteiger partial charge in [0.2, 0.25) is 0 Å². The van der Waals surface area contributed by atoms with Crippen LogP contribution < -0.4 is 0 Å². The number of hydrogen-bond acceptors (Lipinski definition) is 5. The van der Waals surface area contributed by atoms with Crippen molar-refractivity contribution in [3.8, 4) is 67.4 Å². The average Bonchev–Trinajstić information content (AvgIpc) is 3.94. The van der Waals surface area contributed by atoms with E-state index in [2.05, 4.69) is 170 Å². The third-order valence-corrected chi connectivity index (χ3v) is 12.5. The zero-order valence-electron chi connectivity index (χ0n) is 34.4. The number of hydrogen-bond donors (Lipinski definition) is 0. The van der Waals surface area contributed by atoms with E-state index in [0.29, 0.717) is 5.82 Å². The first-order valence-electron chi connectivity index (χ1n) is 21.5. The molecule has 0 N–H and O–H groups in total. The Balaban J connectivity index is 0.983. The molecule has 0 saturated heterocycles. The summed E-state index contributed by atoms with van der Waals surface area (Å²) in [5.74, 6) is 0.643. The summed E-state index contributed by atoms with van der Waals surface area (Å²) in [6, 6.07) is 73.6. The minimum atomic E-state index is 0.643. The van der Waals surface area contributed by atoms with Crippen LogP contribution in [-0.2, 0) is 0 Å². The van der Waals surface area contributed by atoms with E-state index in [9.17, 15) is 0 Å². The fourth-order valence-electron chi connectivity index (χ4n) is 9.51. The highest BCUT2D eigenvalue weighted by molar-refractivity contribution is 6.27. The van der Waals surface area contributed by atoms with Crippen LogP contribution in [0.2, 0.25) is 0 Å². The van der Waals surface area contributed by atoms with Crippen LogP contribution in [0.25, 0.3) is 133 Å². The summed E-state index contributed by atoms with van der Waals surface area (Å²) in [4.78, 5) is 15.9. The van der Waals surface area contributed by atoms with Crippen LogP contribution in [0.15, 0.2) is 221 Å². The van der Waals surface area contributed by atoms with Gasteiger partial charge in [-0.25, -0.2) is 15.0 Å². The van der Waals surface area contributed by atoms with Crippen LogP contribution in [-0.4, -0.2) is 15.0 Å². The highest BCUT2D eigenvalue weighted by Gasteiger charge is 2.22. The van der Waals surface area contributed by atoms with Crippen molar-refractivity contribution in [1.82, 2.24) is 15.0 Å². The van der Waals surface area contributed by atoms with Gasteiger partial charge >= 0.3 is 0 Å². The van der Waals surface area contributed by atoms with Gasteiger partial charge in [0.25, 0.3) is 0 Å². The molecule has 0 amide bonds. The van der Waals surface area contributed by atoms with Gasteiger partial charge in [0.05, 0.1) is 22.6 Å². The standard InChI is InChI=1S/C59H35N3O2/c1-3-15-37(16-4-1)49-35-50(62-59(61-49)39-31-29-36(30-32-39)42-24-14-25-44-43-21-8-11-27-51(43)64-58(42)44)40-19-13-20-41(33-40)57-47-34-53-56(46-23-9-12-28-52(46)63-53)54(38-17-5-2-6-18-38)55(47)45-22-7-10-26-48(45)60-57/h1-35H. The summed E-state index contributed by atoms with van der Waals surface area (Å²) in [6.45, 7) is 0. The van der Waals surface area contributed by atoms with Crippen LogP contribution >= 0.6 is 0 Å². The Labute approximate surface area is 367 Å². The van der Waals surface area contributed by atoms with E-state index in [1.54, 1.807) is 0 Å². The molecule has 0 aliphatic heterocycles. The second-order valence-corrected chi connectivity index (χ2v) is 16.3. The Morgan fingerprint density at radius 1 is 0.312 bits per heavy atom. The van der Waals surface area contributed by atoms with E-state index in [1.165, 1.54) is 0 Å². The fourth-order valence-corrected chi connectivity index (χ4v) is 9.51. The predicted octanol–water partition coefficient (Wildman–Crippen LogP) is 16.0. The van der Waals surface area contributed by atoms with Crippen molar-refractivity contribution in [1.29, 1.82) is 0 Å². The van der Waals surface area contributed by atoms with Gasteiger partial charge in [-0.05, 0) is 47.5 Å². The molecule has 298 valence electrons.